The highest BCUT2D eigenvalue weighted by molar-refractivity contribution is 9.10. The molecule has 166 valence electrons. The number of piperazine rings is 1. The first-order valence-electron chi connectivity index (χ1n) is 10.3. The van der Waals surface area contributed by atoms with Crippen LogP contribution in [0.5, 0.6) is 11.5 Å². The van der Waals surface area contributed by atoms with Gasteiger partial charge in [-0.25, -0.2) is 4.98 Å². The molecule has 1 saturated heterocycles. The van der Waals surface area contributed by atoms with Crippen molar-refractivity contribution < 1.29 is 9.47 Å². The van der Waals surface area contributed by atoms with Crippen LogP contribution < -0.4 is 14.4 Å². The fraction of sp³-hybridized carbons (Fsp3) is 0.435. The van der Waals surface area contributed by atoms with E-state index in [0.29, 0.717) is 16.5 Å². The molecular weight excluding hydrogens is 480 g/mol. The van der Waals surface area contributed by atoms with Gasteiger partial charge in [-0.05, 0) is 48.8 Å². The average Bonchev–Trinajstić information content (AvgIpc) is 3.08. The maximum absolute atomic E-state index is 6.39. The van der Waals surface area contributed by atoms with Gasteiger partial charge in [-0.1, -0.05) is 11.6 Å². The normalized spacial score (nSPS) is 15.5. The van der Waals surface area contributed by atoms with Crippen LogP contribution in [0.4, 0.5) is 5.69 Å². The van der Waals surface area contributed by atoms with Crippen LogP contribution in [0, 0.1) is 0 Å². The molecule has 0 aliphatic carbocycles. The molecule has 2 aromatic heterocycles. The van der Waals surface area contributed by atoms with E-state index in [9.17, 15) is 0 Å². The summed E-state index contributed by atoms with van der Waals surface area (Å²) in [5, 5.41) is 0.514. The van der Waals surface area contributed by atoms with Gasteiger partial charge >= 0.3 is 0 Å². The number of ether oxygens (including phenoxy) is 2. The molecule has 0 N–H and O–H groups in total. The summed E-state index contributed by atoms with van der Waals surface area (Å²) in [5.41, 5.74) is 3.84. The first-order valence-corrected chi connectivity index (χ1v) is 11.5. The number of fused-ring (bicyclic) bond motifs is 1. The van der Waals surface area contributed by atoms with Gasteiger partial charge in [-0.2, -0.15) is 0 Å². The van der Waals surface area contributed by atoms with Gasteiger partial charge in [0.25, 0.3) is 0 Å². The molecule has 0 unspecified atom stereocenters. The summed E-state index contributed by atoms with van der Waals surface area (Å²) >= 11 is 10.1. The molecule has 3 heterocycles. The van der Waals surface area contributed by atoms with E-state index in [0.717, 1.165) is 47.7 Å². The standard InChI is InChI=1S/C23H28BrClN4O2/c1-23(2,3)28-10-8-27(9-11-28)15-6-7-29-20(12-15)26-21(22(29)24)16-13-17(25)19(31-5)14-18(16)30-4/h6-7,12-14H,8-11H2,1-5H3. The Hall–Kier alpha value is -1.96. The van der Waals surface area contributed by atoms with E-state index in [-0.39, 0.29) is 5.54 Å². The van der Waals surface area contributed by atoms with Crippen LogP contribution in [0.2, 0.25) is 5.02 Å². The summed E-state index contributed by atoms with van der Waals surface area (Å²) in [5.74, 6) is 1.22. The minimum Gasteiger partial charge on any atom is -0.496 e. The van der Waals surface area contributed by atoms with Gasteiger partial charge in [0, 0.05) is 61.3 Å². The van der Waals surface area contributed by atoms with E-state index in [2.05, 4.69) is 64.8 Å². The number of hydrogen-bond donors (Lipinski definition) is 0. The van der Waals surface area contributed by atoms with Crippen molar-refractivity contribution in [3.05, 3.63) is 40.1 Å². The molecular formula is C23H28BrClN4O2. The second-order valence-electron chi connectivity index (χ2n) is 8.70. The van der Waals surface area contributed by atoms with Crippen LogP contribution in [0.3, 0.4) is 0 Å². The third-order valence-electron chi connectivity index (χ3n) is 5.87. The summed E-state index contributed by atoms with van der Waals surface area (Å²) in [6.07, 6.45) is 2.05. The van der Waals surface area contributed by atoms with Crippen LogP contribution in [0.1, 0.15) is 20.8 Å². The molecule has 1 aliphatic heterocycles. The second-order valence-corrected chi connectivity index (χ2v) is 9.85. The number of rotatable bonds is 4. The largest absolute Gasteiger partial charge is 0.496 e. The maximum atomic E-state index is 6.39. The summed E-state index contributed by atoms with van der Waals surface area (Å²) in [6, 6.07) is 7.90. The molecule has 0 saturated carbocycles. The van der Waals surface area contributed by atoms with Crippen molar-refractivity contribution in [3.63, 3.8) is 0 Å². The first-order chi connectivity index (χ1) is 14.7. The second kappa shape index (κ2) is 8.52. The van der Waals surface area contributed by atoms with E-state index in [1.54, 1.807) is 20.3 Å². The quantitative estimate of drug-likeness (QED) is 0.476. The summed E-state index contributed by atoms with van der Waals surface area (Å²) < 4.78 is 13.8. The lowest BCUT2D eigenvalue weighted by Gasteiger charge is -2.43. The molecule has 0 radical (unpaired) electrons. The molecule has 0 atom stereocenters. The van der Waals surface area contributed by atoms with Crippen LogP contribution in [-0.4, -0.2) is 60.2 Å². The van der Waals surface area contributed by atoms with Crippen molar-refractivity contribution in [2.75, 3.05) is 45.3 Å². The van der Waals surface area contributed by atoms with Gasteiger partial charge in [0.1, 0.15) is 27.4 Å². The minimum atomic E-state index is 0.206. The highest BCUT2D eigenvalue weighted by atomic mass is 79.9. The Kier molecular flexibility index (Phi) is 6.12. The van der Waals surface area contributed by atoms with Crippen LogP contribution in [0.25, 0.3) is 16.9 Å². The molecule has 1 fully saturated rings. The third kappa shape index (κ3) is 4.23. The average molecular weight is 508 g/mol. The zero-order valence-corrected chi connectivity index (χ0v) is 20.9. The van der Waals surface area contributed by atoms with Gasteiger partial charge < -0.3 is 14.4 Å². The Morgan fingerprint density at radius 2 is 1.68 bits per heavy atom. The number of methoxy groups -OCH3 is 2. The molecule has 1 aliphatic rings. The topological polar surface area (TPSA) is 42.2 Å². The van der Waals surface area contributed by atoms with Crippen molar-refractivity contribution in [1.29, 1.82) is 0 Å². The predicted molar refractivity (Wildman–Crippen MR) is 130 cm³/mol. The number of benzene rings is 1. The smallest absolute Gasteiger partial charge is 0.141 e. The molecule has 3 aromatic rings. The number of halogens is 2. The molecule has 1 aromatic carbocycles. The van der Waals surface area contributed by atoms with Crippen molar-refractivity contribution in [3.8, 4) is 22.8 Å². The van der Waals surface area contributed by atoms with E-state index in [4.69, 9.17) is 26.1 Å². The SMILES string of the molecule is COc1cc(OC)c(-c2nc3cc(N4CCN(C(C)(C)C)CC4)ccn3c2Br)cc1Cl. The Bertz CT molecular complexity index is 1100. The molecule has 6 nitrogen and oxygen atoms in total. The van der Waals surface area contributed by atoms with E-state index < -0.39 is 0 Å². The fourth-order valence-electron chi connectivity index (χ4n) is 4.05. The van der Waals surface area contributed by atoms with Gasteiger partial charge in [0.2, 0.25) is 0 Å². The number of hydrogen-bond acceptors (Lipinski definition) is 5. The van der Waals surface area contributed by atoms with Gasteiger partial charge in [0.05, 0.1) is 19.2 Å². The first kappa shape index (κ1) is 22.2. The molecule has 0 spiro atoms. The fourth-order valence-corrected chi connectivity index (χ4v) is 4.90. The number of nitrogens with zero attached hydrogens (tertiary/aromatic N) is 4. The highest BCUT2D eigenvalue weighted by Crippen LogP contribution is 2.41. The van der Waals surface area contributed by atoms with Crippen molar-refractivity contribution >= 4 is 38.9 Å². The Balaban J connectivity index is 1.67. The van der Waals surface area contributed by atoms with Crippen molar-refractivity contribution in [1.82, 2.24) is 14.3 Å². The molecule has 8 heteroatoms. The van der Waals surface area contributed by atoms with Gasteiger partial charge in [0.15, 0.2) is 0 Å². The molecule has 4 rings (SSSR count). The zero-order chi connectivity index (χ0) is 22.3. The molecule has 31 heavy (non-hydrogen) atoms. The van der Waals surface area contributed by atoms with E-state index in [1.165, 1.54) is 5.69 Å². The molecule has 0 bridgehead atoms. The monoisotopic (exact) mass is 506 g/mol. The number of imidazole rings is 1. The lowest BCUT2D eigenvalue weighted by molar-refractivity contribution is 0.128. The van der Waals surface area contributed by atoms with Crippen LogP contribution in [-0.2, 0) is 0 Å². The summed E-state index contributed by atoms with van der Waals surface area (Å²) in [4.78, 5) is 9.86. The van der Waals surface area contributed by atoms with Crippen molar-refractivity contribution in [2.24, 2.45) is 0 Å². The predicted octanol–water partition coefficient (Wildman–Crippen LogP) is 5.35. The number of anilines is 1. The summed E-state index contributed by atoms with van der Waals surface area (Å²) in [6.45, 7) is 10.9. The maximum Gasteiger partial charge on any atom is 0.141 e. The van der Waals surface area contributed by atoms with Crippen LogP contribution >= 0.6 is 27.5 Å². The lowest BCUT2D eigenvalue weighted by atomic mass is 10.0. The van der Waals surface area contributed by atoms with E-state index in [1.807, 2.05) is 10.5 Å². The van der Waals surface area contributed by atoms with Gasteiger partial charge in [-0.3, -0.25) is 9.30 Å². The minimum absolute atomic E-state index is 0.206. The lowest BCUT2D eigenvalue weighted by Crippen LogP contribution is -2.53. The summed E-state index contributed by atoms with van der Waals surface area (Å²) in [7, 11) is 3.22. The highest BCUT2D eigenvalue weighted by Gasteiger charge is 2.26. The van der Waals surface area contributed by atoms with Crippen LogP contribution in [0.15, 0.2) is 35.1 Å². The Labute approximate surface area is 196 Å². The third-order valence-corrected chi connectivity index (χ3v) is 6.93. The van der Waals surface area contributed by atoms with Gasteiger partial charge in [-0.15, -0.1) is 0 Å². The number of aromatic nitrogens is 2. The Morgan fingerprint density at radius 3 is 2.29 bits per heavy atom. The number of pyridine rings is 1. The zero-order valence-electron chi connectivity index (χ0n) is 18.6. The Morgan fingerprint density at radius 1 is 1.00 bits per heavy atom. The van der Waals surface area contributed by atoms with E-state index >= 15 is 0 Å². The molecule has 0 amide bonds. The van der Waals surface area contributed by atoms with Crippen molar-refractivity contribution in [2.45, 2.75) is 26.3 Å².